The molecule has 0 spiro atoms. The quantitative estimate of drug-likeness (QED) is 0.441. The third-order valence-corrected chi connectivity index (χ3v) is 7.02. The van der Waals surface area contributed by atoms with E-state index in [9.17, 15) is 4.79 Å². The van der Waals surface area contributed by atoms with E-state index in [2.05, 4.69) is 0 Å². The Hall–Kier alpha value is -1.54. The van der Waals surface area contributed by atoms with Gasteiger partial charge in [-0.05, 0) is 38.5 Å². The summed E-state index contributed by atoms with van der Waals surface area (Å²) in [5.74, 6) is 1.44. The molecule has 0 saturated heterocycles. The second-order valence-electron chi connectivity index (χ2n) is 6.36. The molecular formula is C19H19ClN2O3S2. The number of hydrogen-bond donors (Lipinski definition) is 0. The van der Waals surface area contributed by atoms with Gasteiger partial charge < -0.3 is 9.47 Å². The largest absolute Gasteiger partial charge is 0.467 e. The van der Waals surface area contributed by atoms with Crippen molar-refractivity contribution in [3.8, 4) is 5.75 Å². The first kappa shape index (κ1) is 18.8. The van der Waals surface area contributed by atoms with Gasteiger partial charge in [0.2, 0.25) is 0 Å². The van der Waals surface area contributed by atoms with E-state index in [1.54, 1.807) is 15.9 Å². The Balaban J connectivity index is 1.73. The summed E-state index contributed by atoms with van der Waals surface area (Å²) < 4.78 is 12.8. The van der Waals surface area contributed by atoms with E-state index in [1.807, 2.05) is 32.9 Å². The fourth-order valence-corrected chi connectivity index (χ4v) is 5.57. The maximum absolute atomic E-state index is 13.0. The van der Waals surface area contributed by atoms with Crippen molar-refractivity contribution in [3.05, 3.63) is 49.1 Å². The van der Waals surface area contributed by atoms with Crippen molar-refractivity contribution >= 4 is 44.9 Å². The molecule has 2 aromatic heterocycles. The normalized spacial score (nSPS) is 13.6. The highest BCUT2D eigenvalue weighted by Crippen LogP contribution is 2.36. The van der Waals surface area contributed by atoms with Gasteiger partial charge in [0.15, 0.2) is 11.9 Å². The lowest BCUT2D eigenvalue weighted by Gasteiger charge is -2.21. The van der Waals surface area contributed by atoms with Gasteiger partial charge in [-0.2, -0.15) is 0 Å². The van der Waals surface area contributed by atoms with Crippen molar-refractivity contribution < 1.29 is 9.47 Å². The molecule has 0 radical (unpaired) electrons. The average molecular weight is 423 g/mol. The molecule has 0 aliphatic carbocycles. The average Bonchev–Trinajstić information content (AvgIpc) is 2.93. The molecule has 3 aromatic rings. The van der Waals surface area contributed by atoms with Crippen LogP contribution in [0.25, 0.3) is 10.2 Å². The first-order valence-electron chi connectivity index (χ1n) is 8.64. The monoisotopic (exact) mass is 422 g/mol. The van der Waals surface area contributed by atoms with Crippen molar-refractivity contribution in [3.63, 3.8) is 0 Å². The Kier molecular flexibility index (Phi) is 5.20. The van der Waals surface area contributed by atoms with E-state index >= 15 is 0 Å². The Morgan fingerprint density at radius 2 is 2.19 bits per heavy atom. The van der Waals surface area contributed by atoms with E-state index in [4.69, 9.17) is 26.1 Å². The lowest BCUT2D eigenvalue weighted by atomic mass is 10.1. The number of nitrogens with zero attached hydrogens (tertiary/aromatic N) is 2. The summed E-state index contributed by atoms with van der Waals surface area (Å²) in [6.07, 6.45) is 0. The lowest BCUT2D eigenvalue weighted by molar-refractivity contribution is -0.0168. The molecule has 0 bridgehead atoms. The number of halogens is 1. The van der Waals surface area contributed by atoms with E-state index in [0.29, 0.717) is 23.9 Å². The molecule has 27 heavy (non-hydrogen) atoms. The molecular weight excluding hydrogens is 404 g/mol. The van der Waals surface area contributed by atoms with Crippen LogP contribution >= 0.6 is 34.7 Å². The van der Waals surface area contributed by atoms with Crippen LogP contribution < -0.4 is 10.3 Å². The first-order chi connectivity index (χ1) is 13.0. The summed E-state index contributed by atoms with van der Waals surface area (Å²) in [5.41, 5.74) is 3.00. The fraction of sp³-hybridized carbons (Fsp3) is 0.368. The summed E-state index contributed by atoms with van der Waals surface area (Å²) in [6.45, 7) is 7.30. The van der Waals surface area contributed by atoms with Crippen LogP contribution in [0.4, 0.5) is 0 Å². The topological polar surface area (TPSA) is 53.4 Å². The zero-order chi connectivity index (χ0) is 19.1. The van der Waals surface area contributed by atoms with Gasteiger partial charge >= 0.3 is 0 Å². The molecule has 1 aliphatic rings. The Morgan fingerprint density at radius 3 is 2.96 bits per heavy atom. The van der Waals surface area contributed by atoms with Gasteiger partial charge in [-0.25, -0.2) is 4.98 Å². The van der Waals surface area contributed by atoms with Crippen molar-refractivity contribution in [1.82, 2.24) is 9.55 Å². The fourth-order valence-electron chi connectivity index (χ4n) is 3.20. The molecule has 0 unspecified atom stereocenters. The van der Waals surface area contributed by atoms with Gasteiger partial charge in [-0.15, -0.1) is 11.3 Å². The molecule has 5 nitrogen and oxygen atoms in total. The smallest absolute Gasteiger partial charge is 0.263 e. The number of benzene rings is 1. The number of aryl methyl sites for hydroxylation is 2. The summed E-state index contributed by atoms with van der Waals surface area (Å²) in [5, 5.41) is 2.11. The number of thiophene rings is 1. The van der Waals surface area contributed by atoms with E-state index < -0.39 is 0 Å². The highest BCUT2D eigenvalue weighted by Gasteiger charge is 2.19. The molecule has 0 N–H and O–H groups in total. The van der Waals surface area contributed by atoms with Crippen LogP contribution in [0, 0.1) is 13.8 Å². The van der Waals surface area contributed by atoms with Crippen molar-refractivity contribution in [2.24, 2.45) is 0 Å². The SMILES string of the molecule is CCn1c(SCc2cc(Cl)cc3c2OCOC3)nc2sc(C)c(C)c2c1=O. The molecule has 0 fully saturated rings. The van der Waals surface area contributed by atoms with Crippen LogP contribution in [0.1, 0.15) is 28.5 Å². The van der Waals surface area contributed by atoms with Gasteiger partial charge in [-0.3, -0.25) is 9.36 Å². The Labute approximate surface area is 170 Å². The molecule has 1 aromatic carbocycles. The molecule has 4 rings (SSSR count). The zero-order valence-corrected chi connectivity index (χ0v) is 17.7. The first-order valence-corrected chi connectivity index (χ1v) is 10.8. The Morgan fingerprint density at radius 1 is 1.37 bits per heavy atom. The number of aromatic nitrogens is 2. The minimum atomic E-state index is 0.0321. The van der Waals surface area contributed by atoms with Crippen molar-refractivity contribution in [1.29, 1.82) is 0 Å². The lowest BCUT2D eigenvalue weighted by Crippen LogP contribution is -2.22. The predicted molar refractivity (Wildman–Crippen MR) is 110 cm³/mol. The van der Waals surface area contributed by atoms with Gasteiger partial charge in [0.1, 0.15) is 10.6 Å². The number of ether oxygens (including phenoxy) is 2. The van der Waals surface area contributed by atoms with E-state index in [0.717, 1.165) is 42.7 Å². The summed E-state index contributed by atoms with van der Waals surface area (Å²) in [6, 6.07) is 3.78. The van der Waals surface area contributed by atoms with Crippen LogP contribution in [0.2, 0.25) is 5.02 Å². The minimum absolute atomic E-state index is 0.0321. The van der Waals surface area contributed by atoms with Crippen LogP contribution in [0.5, 0.6) is 5.75 Å². The van der Waals surface area contributed by atoms with Gasteiger partial charge in [0.25, 0.3) is 5.56 Å². The summed E-state index contributed by atoms with van der Waals surface area (Å²) in [4.78, 5) is 19.7. The van der Waals surface area contributed by atoms with Crippen molar-refractivity contribution in [2.45, 2.75) is 44.8 Å². The Bertz CT molecular complexity index is 1090. The number of fused-ring (bicyclic) bond motifs is 2. The van der Waals surface area contributed by atoms with Gasteiger partial charge in [0.05, 0.1) is 12.0 Å². The van der Waals surface area contributed by atoms with Gasteiger partial charge in [0, 0.05) is 33.3 Å². The molecule has 0 atom stereocenters. The van der Waals surface area contributed by atoms with Crippen LogP contribution in [-0.2, 0) is 23.6 Å². The number of rotatable bonds is 4. The molecule has 0 saturated carbocycles. The zero-order valence-electron chi connectivity index (χ0n) is 15.3. The van der Waals surface area contributed by atoms with Gasteiger partial charge in [-0.1, -0.05) is 23.4 Å². The second-order valence-corrected chi connectivity index (χ2v) is 8.94. The number of hydrogen-bond acceptors (Lipinski definition) is 6. The molecule has 3 heterocycles. The summed E-state index contributed by atoms with van der Waals surface area (Å²) in [7, 11) is 0. The molecule has 142 valence electrons. The standard InChI is InChI=1S/C19H19ClN2O3S2/c1-4-22-18(23)15-10(2)11(3)27-17(15)21-19(22)26-8-13-6-14(20)5-12-7-24-9-25-16(12)13/h5-6H,4,7-9H2,1-3H3. The van der Waals surface area contributed by atoms with Crippen LogP contribution in [0.3, 0.4) is 0 Å². The predicted octanol–water partition coefficient (Wildman–Crippen LogP) is 4.91. The maximum atomic E-state index is 13.0. The highest BCUT2D eigenvalue weighted by atomic mass is 35.5. The third kappa shape index (κ3) is 3.38. The van der Waals surface area contributed by atoms with Crippen molar-refractivity contribution in [2.75, 3.05) is 6.79 Å². The second kappa shape index (κ2) is 7.47. The number of thioether (sulfide) groups is 1. The van der Waals surface area contributed by atoms with Crippen LogP contribution in [0.15, 0.2) is 22.1 Å². The van der Waals surface area contributed by atoms with E-state index in [1.165, 1.54) is 11.8 Å². The molecule has 8 heteroatoms. The maximum Gasteiger partial charge on any atom is 0.263 e. The minimum Gasteiger partial charge on any atom is -0.467 e. The highest BCUT2D eigenvalue weighted by molar-refractivity contribution is 7.98. The third-order valence-electron chi connectivity index (χ3n) is 4.68. The molecule has 0 amide bonds. The molecule has 1 aliphatic heterocycles. The van der Waals surface area contributed by atoms with Crippen LogP contribution in [-0.4, -0.2) is 16.3 Å². The summed E-state index contributed by atoms with van der Waals surface area (Å²) >= 11 is 9.36. The van der Waals surface area contributed by atoms with E-state index in [-0.39, 0.29) is 12.4 Å².